The first-order chi connectivity index (χ1) is 14.5. The minimum Gasteiger partial charge on any atom is -0.488 e. The normalized spacial score (nSPS) is 12.6. The van der Waals surface area contributed by atoms with Gasteiger partial charge in [-0.1, -0.05) is 30.3 Å². The molecular formula is C24H27N3O3. The summed E-state index contributed by atoms with van der Waals surface area (Å²) in [5.41, 5.74) is 3.91. The van der Waals surface area contributed by atoms with Crippen LogP contribution in [0.5, 0.6) is 5.75 Å². The summed E-state index contributed by atoms with van der Waals surface area (Å²) in [4.78, 5) is 15.5. The fourth-order valence-corrected chi connectivity index (χ4v) is 3.05. The second-order valence-corrected chi connectivity index (χ2v) is 7.10. The van der Waals surface area contributed by atoms with Crippen molar-refractivity contribution in [1.82, 2.24) is 10.3 Å². The summed E-state index contributed by atoms with van der Waals surface area (Å²) in [6.45, 7) is 1.87. The number of aromatic nitrogens is 1. The van der Waals surface area contributed by atoms with Crippen molar-refractivity contribution in [2.24, 2.45) is 0 Å². The van der Waals surface area contributed by atoms with Crippen LogP contribution >= 0.6 is 0 Å². The number of hydrogen-bond acceptors (Lipinski definition) is 4. The van der Waals surface area contributed by atoms with Crippen LogP contribution in [-0.4, -0.2) is 35.4 Å². The molecule has 3 N–H and O–H groups in total. The third kappa shape index (κ3) is 6.06. The molecule has 156 valence electrons. The van der Waals surface area contributed by atoms with Gasteiger partial charge >= 0.3 is 6.03 Å². The van der Waals surface area contributed by atoms with E-state index >= 15 is 0 Å². The largest absolute Gasteiger partial charge is 0.488 e. The number of aryl methyl sites for hydroxylation is 1. The Labute approximate surface area is 176 Å². The first kappa shape index (κ1) is 21.3. The first-order valence-corrected chi connectivity index (χ1v) is 9.98. The summed E-state index contributed by atoms with van der Waals surface area (Å²) in [5.74, 6) is 0.713. The van der Waals surface area contributed by atoms with Crippen molar-refractivity contribution in [3.8, 4) is 16.9 Å². The molecule has 2 amide bonds. The Bertz CT molecular complexity index is 928. The Morgan fingerprint density at radius 1 is 1.07 bits per heavy atom. The van der Waals surface area contributed by atoms with E-state index in [2.05, 4.69) is 15.6 Å². The van der Waals surface area contributed by atoms with Gasteiger partial charge in [-0.15, -0.1) is 0 Å². The molecule has 1 heterocycles. The Balaban J connectivity index is 1.54. The van der Waals surface area contributed by atoms with Crippen LogP contribution in [0.2, 0.25) is 0 Å². The molecule has 6 nitrogen and oxygen atoms in total. The summed E-state index contributed by atoms with van der Waals surface area (Å²) < 4.78 is 5.91. The summed E-state index contributed by atoms with van der Waals surface area (Å²) in [6.07, 6.45) is 4.05. The fourth-order valence-electron chi connectivity index (χ4n) is 3.05. The number of hydrogen-bond donors (Lipinski definition) is 3. The number of aliphatic hydroxyl groups excluding tert-OH is 1. The third-order valence-corrected chi connectivity index (χ3v) is 4.87. The van der Waals surface area contributed by atoms with E-state index in [0.717, 1.165) is 28.8 Å². The van der Waals surface area contributed by atoms with Gasteiger partial charge in [0.1, 0.15) is 11.9 Å². The SMILES string of the molecule is CNC(=O)Nc1ccc(-c2ccc(O[C@@H](C)[C@H](O)CCc3cccnc3)cc2)cc1. The topological polar surface area (TPSA) is 83.5 Å². The van der Waals surface area contributed by atoms with Gasteiger partial charge in [0.15, 0.2) is 0 Å². The van der Waals surface area contributed by atoms with Gasteiger partial charge in [0.05, 0.1) is 6.10 Å². The van der Waals surface area contributed by atoms with Crippen molar-refractivity contribution in [3.05, 3.63) is 78.6 Å². The van der Waals surface area contributed by atoms with E-state index in [1.54, 1.807) is 13.2 Å². The van der Waals surface area contributed by atoms with Crippen LogP contribution in [0.25, 0.3) is 11.1 Å². The van der Waals surface area contributed by atoms with Crippen LogP contribution in [0.4, 0.5) is 10.5 Å². The van der Waals surface area contributed by atoms with E-state index in [0.29, 0.717) is 12.2 Å². The number of rotatable bonds is 8. The zero-order valence-electron chi connectivity index (χ0n) is 17.2. The molecule has 2 aromatic carbocycles. The number of benzene rings is 2. The number of nitrogens with zero attached hydrogens (tertiary/aromatic N) is 1. The van der Waals surface area contributed by atoms with Gasteiger partial charge in [0.2, 0.25) is 0 Å². The molecule has 0 saturated carbocycles. The second kappa shape index (κ2) is 10.4. The Kier molecular flexibility index (Phi) is 7.40. The van der Waals surface area contributed by atoms with Gasteiger partial charge in [-0.3, -0.25) is 4.98 Å². The third-order valence-electron chi connectivity index (χ3n) is 4.87. The molecule has 3 rings (SSSR count). The average Bonchev–Trinajstić information content (AvgIpc) is 2.79. The summed E-state index contributed by atoms with van der Waals surface area (Å²) >= 11 is 0. The maximum absolute atomic E-state index is 11.4. The fraction of sp³-hybridized carbons (Fsp3) is 0.250. The van der Waals surface area contributed by atoms with E-state index in [9.17, 15) is 9.90 Å². The Hall–Kier alpha value is -3.38. The highest BCUT2D eigenvalue weighted by molar-refractivity contribution is 5.89. The highest BCUT2D eigenvalue weighted by atomic mass is 16.5. The molecule has 0 fully saturated rings. The van der Waals surface area contributed by atoms with Crippen molar-refractivity contribution >= 4 is 11.7 Å². The number of ether oxygens (including phenoxy) is 1. The van der Waals surface area contributed by atoms with Crippen molar-refractivity contribution in [2.45, 2.75) is 32.0 Å². The lowest BCUT2D eigenvalue weighted by Crippen LogP contribution is -2.29. The molecule has 0 aliphatic rings. The highest BCUT2D eigenvalue weighted by Crippen LogP contribution is 2.25. The highest BCUT2D eigenvalue weighted by Gasteiger charge is 2.16. The molecule has 30 heavy (non-hydrogen) atoms. The molecule has 3 aromatic rings. The van der Waals surface area contributed by atoms with Crippen molar-refractivity contribution < 1.29 is 14.6 Å². The van der Waals surface area contributed by atoms with E-state index in [1.165, 1.54) is 0 Å². The lowest BCUT2D eigenvalue weighted by molar-refractivity contribution is 0.0420. The molecule has 0 radical (unpaired) electrons. The van der Waals surface area contributed by atoms with Crippen LogP contribution in [-0.2, 0) is 6.42 Å². The molecule has 0 aliphatic carbocycles. The minimum absolute atomic E-state index is 0.249. The van der Waals surface area contributed by atoms with Crippen LogP contribution in [0, 0.1) is 0 Å². The predicted octanol–water partition coefficient (Wildman–Crippen LogP) is 4.26. The Morgan fingerprint density at radius 3 is 2.33 bits per heavy atom. The van der Waals surface area contributed by atoms with Crippen LogP contribution in [0.1, 0.15) is 18.9 Å². The zero-order valence-corrected chi connectivity index (χ0v) is 17.2. The predicted molar refractivity (Wildman–Crippen MR) is 119 cm³/mol. The average molecular weight is 405 g/mol. The monoisotopic (exact) mass is 405 g/mol. The minimum atomic E-state index is -0.565. The summed E-state index contributed by atoms with van der Waals surface area (Å²) in [7, 11) is 1.58. The van der Waals surface area contributed by atoms with E-state index < -0.39 is 6.10 Å². The number of nitrogens with one attached hydrogen (secondary N) is 2. The quantitative estimate of drug-likeness (QED) is 0.523. The maximum atomic E-state index is 11.4. The number of urea groups is 1. The van der Waals surface area contributed by atoms with Crippen LogP contribution in [0.3, 0.4) is 0 Å². The molecule has 0 unspecified atom stereocenters. The summed E-state index contributed by atoms with van der Waals surface area (Å²) in [6, 6.07) is 19.0. The van der Waals surface area contributed by atoms with Crippen molar-refractivity contribution in [2.75, 3.05) is 12.4 Å². The van der Waals surface area contributed by atoms with E-state index in [1.807, 2.05) is 73.8 Å². The van der Waals surface area contributed by atoms with Gasteiger partial charge in [0.25, 0.3) is 0 Å². The zero-order chi connectivity index (χ0) is 21.3. The van der Waals surface area contributed by atoms with Crippen molar-refractivity contribution in [1.29, 1.82) is 0 Å². The number of aliphatic hydroxyl groups is 1. The van der Waals surface area contributed by atoms with Gasteiger partial charge in [-0.2, -0.15) is 0 Å². The van der Waals surface area contributed by atoms with Gasteiger partial charge in [-0.05, 0) is 66.8 Å². The van der Waals surface area contributed by atoms with Gasteiger partial charge < -0.3 is 20.5 Å². The number of amides is 2. The molecule has 0 aliphatic heterocycles. The molecule has 6 heteroatoms. The lowest BCUT2D eigenvalue weighted by Gasteiger charge is -2.20. The number of carbonyl (C=O) groups excluding carboxylic acids is 1. The van der Waals surface area contributed by atoms with E-state index in [4.69, 9.17) is 4.74 Å². The van der Waals surface area contributed by atoms with Gasteiger partial charge in [-0.25, -0.2) is 4.79 Å². The number of pyridine rings is 1. The number of carbonyl (C=O) groups is 1. The van der Waals surface area contributed by atoms with Crippen LogP contribution in [0.15, 0.2) is 73.1 Å². The molecule has 2 atom stereocenters. The van der Waals surface area contributed by atoms with Gasteiger partial charge in [0, 0.05) is 25.1 Å². The summed E-state index contributed by atoms with van der Waals surface area (Å²) in [5, 5.41) is 15.7. The van der Waals surface area contributed by atoms with E-state index in [-0.39, 0.29) is 12.1 Å². The van der Waals surface area contributed by atoms with Crippen molar-refractivity contribution in [3.63, 3.8) is 0 Å². The molecule has 1 aromatic heterocycles. The first-order valence-electron chi connectivity index (χ1n) is 9.98. The molecule has 0 saturated heterocycles. The molecular weight excluding hydrogens is 378 g/mol. The molecule has 0 spiro atoms. The lowest BCUT2D eigenvalue weighted by atomic mass is 10.0. The smallest absolute Gasteiger partial charge is 0.318 e. The second-order valence-electron chi connectivity index (χ2n) is 7.10. The maximum Gasteiger partial charge on any atom is 0.318 e. The number of anilines is 1. The molecule has 0 bridgehead atoms. The Morgan fingerprint density at radius 2 is 1.73 bits per heavy atom. The standard InChI is InChI=1S/C24H27N3O3/c1-17(23(28)14-5-18-4-3-15-26-16-18)30-22-12-8-20(9-13-22)19-6-10-21(11-7-19)27-24(29)25-2/h3-4,6-13,15-17,23,28H,5,14H2,1-2H3,(H2,25,27,29)/t17-,23+/m0/s1. The van der Waals surface area contributed by atoms with Crippen LogP contribution < -0.4 is 15.4 Å².